The fraction of sp³-hybridized carbons (Fsp3) is 0.190. The van der Waals surface area contributed by atoms with Crippen LogP contribution < -0.4 is 16.0 Å². The van der Waals surface area contributed by atoms with Crippen molar-refractivity contribution >= 4 is 34.7 Å². The Morgan fingerprint density at radius 3 is 2.74 bits per heavy atom. The summed E-state index contributed by atoms with van der Waals surface area (Å²) in [5.41, 5.74) is 3.35. The number of aromatic nitrogens is 2. The van der Waals surface area contributed by atoms with Gasteiger partial charge < -0.3 is 21.1 Å². The van der Waals surface area contributed by atoms with Crippen LogP contribution in [0.4, 0.5) is 28.8 Å². The summed E-state index contributed by atoms with van der Waals surface area (Å²) in [6, 6.07) is 9.88. The van der Waals surface area contributed by atoms with Gasteiger partial charge in [-0.05, 0) is 42.5 Å². The normalized spacial score (nSPS) is 12.2. The van der Waals surface area contributed by atoms with Crippen LogP contribution in [0.25, 0.3) is 0 Å². The van der Waals surface area contributed by atoms with Gasteiger partial charge in [-0.25, -0.2) is 4.98 Å². The highest BCUT2D eigenvalue weighted by Gasteiger charge is 2.21. The van der Waals surface area contributed by atoms with E-state index in [-0.39, 0.29) is 29.1 Å². The topological polar surface area (TPSA) is 142 Å². The van der Waals surface area contributed by atoms with Crippen molar-refractivity contribution in [1.29, 1.82) is 0 Å². The number of aromatic hydroxyl groups is 1. The van der Waals surface area contributed by atoms with Gasteiger partial charge in [0.2, 0.25) is 5.95 Å². The van der Waals surface area contributed by atoms with Gasteiger partial charge in [-0.15, -0.1) is 0 Å². The maximum atomic E-state index is 12.1. The molecule has 1 heterocycles. The van der Waals surface area contributed by atoms with Gasteiger partial charge in [0, 0.05) is 19.2 Å². The Labute approximate surface area is 177 Å². The number of hydrogen-bond donors (Lipinski definition) is 4. The SMILES string of the molecule is CNC(=O)c1ccccc1Nc1nc(Nc2cc([N+](=O)[O-])cc3c2CCC3)ncc1O. The number of para-hydroxylation sites is 1. The van der Waals surface area contributed by atoms with Crippen LogP contribution in [0.2, 0.25) is 0 Å². The monoisotopic (exact) mass is 420 g/mol. The fourth-order valence-corrected chi connectivity index (χ4v) is 3.61. The lowest BCUT2D eigenvalue weighted by molar-refractivity contribution is -0.384. The quantitative estimate of drug-likeness (QED) is 0.351. The Hall–Kier alpha value is -4.21. The Kier molecular flexibility index (Phi) is 5.35. The lowest BCUT2D eigenvalue weighted by Crippen LogP contribution is -2.19. The lowest BCUT2D eigenvalue weighted by atomic mass is 10.1. The molecule has 1 aliphatic rings. The van der Waals surface area contributed by atoms with E-state index in [9.17, 15) is 20.0 Å². The molecule has 0 saturated heterocycles. The summed E-state index contributed by atoms with van der Waals surface area (Å²) in [6.45, 7) is 0. The molecule has 0 fully saturated rings. The third-order valence-corrected chi connectivity index (χ3v) is 5.08. The van der Waals surface area contributed by atoms with Crippen molar-refractivity contribution in [3.8, 4) is 5.75 Å². The van der Waals surface area contributed by atoms with Crippen molar-refractivity contribution < 1.29 is 14.8 Å². The number of nitrogens with one attached hydrogen (secondary N) is 3. The highest BCUT2D eigenvalue weighted by molar-refractivity contribution is 6.00. The van der Waals surface area contributed by atoms with Crippen LogP contribution in [0.15, 0.2) is 42.6 Å². The zero-order valence-electron chi connectivity index (χ0n) is 16.7. The number of non-ortho nitro benzene ring substituents is 1. The van der Waals surface area contributed by atoms with E-state index in [4.69, 9.17) is 0 Å². The maximum absolute atomic E-state index is 12.1. The minimum atomic E-state index is -0.426. The van der Waals surface area contributed by atoms with Gasteiger partial charge >= 0.3 is 0 Å². The largest absolute Gasteiger partial charge is 0.503 e. The molecule has 1 amide bonds. The molecular weight excluding hydrogens is 400 g/mol. The van der Waals surface area contributed by atoms with Gasteiger partial charge in [-0.3, -0.25) is 14.9 Å². The molecule has 0 aliphatic heterocycles. The molecule has 0 unspecified atom stereocenters. The van der Waals surface area contributed by atoms with Gasteiger partial charge in [0.15, 0.2) is 11.6 Å². The summed E-state index contributed by atoms with van der Waals surface area (Å²) in [5, 5.41) is 30.1. The zero-order chi connectivity index (χ0) is 22.0. The molecule has 0 radical (unpaired) electrons. The minimum absolute atomic E-state index is 0.000202. The fourth-order valence-electron chi connectivity index (χ4n) is 3.61. The number of fused-ring (bicyclic) bond motifs is 1. The highest BCUT2D eigenvalue weighted by atomic mass is 16.6. The van der Waals surface area contributed by atoms with E-state index in [2.05, 4.69) is 25.9 Å². The predicted octanol–water partition coefficient (Wildman–Crippen LogP) is 3.43. The molecule has 0 bridgehead atoms. The van der Waals surface area contributed by atoms with E-state index in [0.29, 0.717) is 16.9 Å². The van der Waals surface area contributed by atoms with Crippen LogP contribution in [0.1, 0.15) is 27.9 Å². The van der Waals surface area contributed by atoms with Crippen molar-refractivity contribution in [3.63, 3.8) is 0 Å². The van der Waals surface area contributed by atoms with E-state index in [1.165, 1.54) is 19.3 Å². The first-order valence-electron chi connectivity index (χ1n) is 9.67. The van der Waals surface area contributed by atoms with Crippen molar-refractivity contribution in [2.24, 2.45) is 0 Å². The lowest BCUT2D eigenvalue weighted by Gasteiger charge is -2.14. The Morgan fingerprint density at radius 2 is 1.97 bits per heavy atom. The first-order chi connectivity index (χ1) is 15.0. The number of nitrogens with zero attached hydrogens (tertiary/aromatic N) is 3. The number of anilines is 4. The number of amides is 1. The Morgan fingerprint density at radius 1 is 1.16 bits per heavy atom. The zero-order valence-corrected chi connectivity index (χ0v) is 16.7. The van der Waals surface area contributed by atoms with E-state index in [1.54, 1.807) is 30.3 Å². The number of nitro groups is 1. The van der Waals surface area contributed by atoms with Crippen molar-refractivity contribution in [2.45, 2.75) is 19.3 Å². The summed E-state index contributed by atoms with van der Waals surface area (Å²) in [7, 11) is 1.53. The van der Waals surface area contributed by atoms with Gasteiger partial charge in [0.1, 0.15) is 0 Å². The molecule has 0 atom stereocenters. The van der Waals surface area contributed by atoms with Crippen molar-refractivity contribution in [3.05, 3.63) is 69.4 Å². The molecule has 1 aromatic heterocycles. The van der Waals surface area contributed by atoms with Crippen LogP contribution in [0.5, 0.6) is 5.75 Å². The first kappa shape index (κ1) is 20.1. The van der Waals surface area contributed by atoms with Crippen LogP contribution in [-0.4, -0.2) is 33.0 Å². The third kappa shape index (κ3) is 4.08. The van der Waals surface area contributed by atoms with Crippen LogP contribution in [-0.2, 0) is 12.8 Å². The van der Waals surface area contributed by atoms with Gasteiger partial charge in [-0.1, -0.05) is 12.1 Å². The number of carbonyl (C=O) groups excluding carboxylic acids is 1. The minimum Gasteiger partial charge on any atom is -0.503 e. The molecule has 158 valence electrons. The molecule has 10 nitrogen and oxygen atoms in total. The van der Waals surface area contributed by atoms with E-state index in [1.807, 2.05) is 0 Å². The molecule has 0 spiro atoms. The second kappa shape index (κ2) is 8.27. The average Bonchev–Trinajstić information content (AvgIpc) is 3.25. The predicted molar refractivity (Wildman–Crippen MR) is 115 cm³/mol. The van der Waals surface area contributed by atoms with E-state index >= 15 is 0 Å². The number of hydrogen-bond acceptors (Lipinski definition) is 8. The van der Waals surface area contributed by atoms with Crippen LogP contribution in [0, 0.1) is 10.1 Å². The van der Waals surface area contributed by atoms with Crippen molar-refractivity contribution in [2.75, 3.05) is 17.7 Å². The molecule has 31 heavy (non-hydrogen) atoms. The van der Waals surface area contributed by atoms with Crippen LogP contribution in [0.3, 0.4) is 0 Å². The molecule has 3 aromatic rings. The van der Waals surface area contributed by atoms with E-state index < -0.39 is 4.92 Å². The second-order valence-electron chi connectivity index (χ2n) is 7.04. The van der Waals surface area contributed by atoms with Gasteiger partial charge in [0.05, 0.1) is 28.1 Å². The standard InChI is InChI=1S/C21H20N6O4/c1-22-20(29)15-6-2-3-8-16(15)24-19-18(28)11-23-21(26-19)25-17-10-13(27(30)31)9-12-5-4-7-14(12)17/h2-3,6,8-11,28H,4-5,7H2,1H3,(H,22,29)(H2,23,24,25,26). The highest BCUT2D eigenvalue weighted by Crippen LogP contribution is 2.35. The maximum Gasteiger partial charge on any atom is 0.271 e. The number of nitro benzene ring substituents is 1. The second-order valence-corrected chi connectivity index (χ2v) is 7.04. The Bertz CT molecular complexity index is 1180. The first-order valence-corrected chi connectivity index (χ1v) is 9.67. The summed E-state index contributed by atoms with van der Waals surface area (Å²) in [4.78, 5) is 31.4. The molecule has 0 saturated carbocycles. The molecular formula is C21H20N6O4. The summed E-state index contributed by atoms with van der Waals surface area (Å²) in [5.74, 6) is -0.244. The molecule has 2 aromatic carbocycles. The molecule has 1 aliphatic carbocycles. The molecule has 10 heteroatoms. The molecule has 4 rings (SSSR count). The van der Waals surface area contributed by atoms with E-state index in [0.717, 1.165) is 30.4 Å². The summed E-state index contributed by atoms with van der Waals surface area (Å²) < 4.78 is 0. The number of carbonyl (C=O) groups is 1. The smallest absolute Gasteiger partial charge is 0.271 e. The Balaban J connectivity index is 1.66. The molecule has 4 N–H and O–H groups in total. The number of aryl methyl sites for hydroxylation is 1. The summed E-state index contributed by atoms with van der Waals surface area (Å²) in [6.07, 6.45) is 3.73. The van der Waals surface area contributed by atoms with Gasteiger partial charge in [0.25, 0.3) is 11.6 Å². The van der Waals surface area contributed by atoms with Crippen LogP contribution >= 0.6 is 0 Å². The average molecular weight is 420 g/mol. The van der Waals surface area contributed by atoms with Crippen molar-refractivity contribution in [1.82, 2.24) is 15.3 Å². The van der Waals surface area contributed by atoms with Gasteiger partial charge in [-0.2, -0.15) is 4.98 Å². The summed E-state index contributed by atoms with van der Waals surface area (Å²) >= 11 is 0. The third-order valence-electron chi connectivity index (χ3n) is 5.08. The number of benzene rings is 2. The number of rotatable bonds is 6.